The van der Waals surface area contributed by atoms with Crippen molar-refractivity contribution in [3.63, 3.8) is 0 Å². The van der Waals surface area contributed by atoms with Crippen molar-refractivity contribution in [2.45, 2.75) is 19.3 Å². The van der Waals surface area contributed by atoms with E-state index < -0.39 is 5.97 Å². The number of hydrogen-bond donors (Lipinski definition) is 2. The van der Waals surface area contributed by atoms with Crippen LogP contribution in [-0.4, -0.2) is 24.2 Å². The van der Waals surface area contributed by atoms with E-state index in [2.05, 4.69) is 5.32 Å². The summed E-state index contributed by atoms with van der Waals surface area (Å²) in [6.45, 7) is 5.14. The molecule has 1 rings (SSSR count). The van der Waals surface area contributed by atoms with Gasteiger partial charge in [-0.15, -0.1) is 0 Å². The van der Waals surface area contributed by atoms with Crippen LogP contribution in [0.25, 0.3) is 0 Å². The van der Waals surface area contributed by atoms with E-state index in [1.807, 2.05) is 19.9 Å². The maximum absolute atomic E-state index is 13.1. The Labute approximate surface area is 106 Å². The smallest absolute Gasteiger partial charge is 0.328 e. The van der Waals surface area contributed by atoms with Crippen LogP contribution in [0.2, 0.25) is 0 Å². The number of carboxylic acid groups (broad SMARTS) is 1. The van der Waals surface area contributed by atoms with E-state index >= 15 is 0 Å². The summed E-state index contributed by atoms with van der Waals surface area (Å²) >= 11 is 0. The molecular formula is C14H18FNO2. The molecule has 0 spiro atoms. The third kappa shape index (κ3) is 4.67. The number of hydrogen-bond acceptors (Lipinski definition) is 2. The van der Waals surface area contributed by atoms with Crippen molar-refractivity contribution in [1.82, 2.24) is 5.32 Å². The summed E-state index contributed by atoms with van der Waals surface area (Å²) in [5.74, 6) is -1.20. The molecule has 1 aromatic rings. The second-order valence-electron chi connectivity index (χ2n) is 4.77. The van der Waals surface area contributed by atoms with Gasteiger partial charge in [0.05, 0.1) is 0 Å². The minimum Gasteiger partial charge on any atom is -0.478 e. The van der Waals surface area contributed by atoms with Gasteiger partial charge in [-0.25, -0.2) is 9.18 Å². The SMILES string of the molecule is CC(C)(CNC/C=C/C(=O)O)c1cccc(F)c1. The second kappa shape index (κ2) is 6.31. The Kier molecular flexibility index (Phi) is 5.04. The number of carboxylic acids is 1. The molecule has 0 unspecified atom stereocenters. The van der Waals surface area contributed by atoms with E-state index in [0.29, 0.717) is 13.1 Å². The highest BCUT2D eigenvalue weighted by atomic mass is 19.1. The number of aliphatic carboxylic acids is 1. The summed E-state index contributed by atoms with van der Waals surface area (Å²) < 4.78 is 13.1. The number of carbonyl (C=O) groups is 1. The zero-order valence-corrected chi connectivity index (χ0v) is 10.6. The molecular weight excluding hydrogens is 233 g/mol. The molecule has 0 amide bonds. The number of nitrogens with one attached hydrogen (secondary N) is 1. The van der Waals surface area contributed by atoms with Gasteiger partial charge in [0.2, 0.25) is 0 Å². The first-order valence-corrected chi connectivity index (χ1v) is 5.78. The van der Waals surface area contributed by atoms with Crippen LogP contribution in [-0.2, 0) is 10.2 Å². The minimum atomic E-state index is -0.957. The third-order valence-electron chi connectivity index (χ3n) is 2.70. The number of benzene rings is 1. The minimum absolute atomic E-state index is 0.209. The molecule has 0 bridgehead atoms. The van der Waals surface area contributed by atoms with Crippen molar-refractivity contribution in [3.8, 4) is 0 Å². The highest BCUT2D eigenvalue weighted by Gasteiger charge is 2.20. The summed E-state index contributed by atoms with van der Waals surface area (Å²) in [7, 11) is 0. The van der Waals surface area contributed by atoms with Crippen LogP contribution in [0, 0.1) is 5.82 Å². The predicted octanol–water partition coefficient (Wildman–Crippen LogP) is 2.33. The van der Waals surface area contributed by atoms with Gasteiger partial charge in [0.25, 0.3) is 0 Å². The maximum atomic E-state index is 13.1. The van der Waals surface area contributed by atoms with E-state index in [0.717, 1.165) is 11.6 Å². The van der Waals surface area contributed by atoms with Gasteiger partial charge >= 0.3 is 5.97 Å². The zero-order valence-electron chi connectivity index (χ0n) is 10.6. The molecule has 0 aliphatic carbocycles. The molecule has 0 saturated carbocycles. The maximum Gasteiger partial charge on any atom is 0.328 e. The van der Waals surface area contributed by atoms with Gasteiger partial charge in [-0.05, 0) is 17.7 Å². The summed E-state index contributed by atoms with van der Waals surface area (Å²) in [5, 5.41) is 11.6. The Balaban J connectivity index is 2.52. The van der Waals surface area contributed by atoms with E-state index in [-0.39, 0.29) is 11.2 Å². The molecule has 3 nitrogen and oxygen atoms in total. The van der Waals surface area contributed by atoms with Gasteiger partial charge in [0.15, 0.2) is 0 Å². The van der Waals surface area contributed by atoms with Crippen LogP contribution < -0.4 is 5.32 Å². The largest absolute Gasteiger partial charge is 0.478 e. The van der Waals surface area contributed by atoms with E-state index in [9.17, 15) is 9.18 Å². The van der Waals surface area contributed by atoms with Gasteiger partial charge in [0.1, 0.15) is 5.82 Å². The highest BCUT2D eigenvalue weighted by molar-refractivity contribution is 5.79. The third-order valence-corrected chi connectivity index (χ3v) is 2.70. The Hall–Kier alpha value is -1.68. The van der Waals surface area contributed by atoms with Crippen molar-refractivity contribution in [2.75, 3.05) is 13.1 Å². The van der Waals surface area contributed by atoms with Gasteiger partial charge in [-0.2, -0.15) is 0 Å². The summed E-state index contributed by atoms with van der Waals surface area (Å²) in [5.41, 5.74) is 0.705. The topological polar surface area (TPSA) is 49.3 Å². The quantitative estimate of drug-likeness (QED) is 0.602. The van der Waals surface area contributed by atoms with E-state index in [1.54, 1.807) is 12.1 Å². The molecule has 0 heterocycles. The fourth-order valence-corrected chi connectivity index (χ4v) is 1.64. The molecule has 0 saturated heterocycles. The van der Waals surface area contributed by atoms with Gasteiger partial charge in [0, 0.05) is 24.6 Å². The Bertz CT molecular complexity index is 441. The predicted molar refractivity (Wildman–Crippen MR) is 69.1 cm³/mol. The average Bonchev–Trinajstić information content (AvgIpc) is 2.28. The molecule has 0 atom stereocenters. The van der Waals surface area contributed by atoms with Crippen LogP contribution in [0.5, 0.6) is 0 Å². The van der Waals surface area contributed by atoms with Crippen molar-refractivity contribution < 1.29 is 14.3 Å². The van der Waals surface area contributed by atoms with Gasteiger partial charge in [-0.1, -0.05) is 32.1 Å². The lowest BCUT2D eigenvalue weighted by atomic mass is 9.84. The van der Waals surface area contributed by atoms with Crippen LogP contribution >= 0.6 is 0 Å². The first-order valence-electron chi connectivity index (χ1n) is 5.78. The molecule has 0 aromatic heterocycles. The molecule has 1 aromatic carbocycles. The normalized spacial score (nSPS) is 11.9. The summed E-state index contributed by atoms with van der Waals surface area (Å²) in [4.78, 5) is 10.3. The van der Waals surface area contributed by atoms with Crippen LogP contribution in [0.1, 0.15) is 19.4 Å². The molecule has 2 N–H and O–H groups in total. The average molecular weight is 251 g/mol. The number of rotatable bonds is 6. The summed E-state index contributed by atoms with van der Waals surface area (Å²) in [6, 6.07) is 6.52. The fourth-order valence-electron chi connectivity index (χ4n) is 1.64. The van der Waals surface area contributed by atoms with Crippen molar-refractivity contribution in [3.05, 3.63) is 47.8 Å². The second-order valence-corrected chi connectivity index (χ2v) is 4.77. The Morgan fingerprint density at radius 3 is 2.83 bits per heavy atom. The van der Waals surface area contributed by atoms with Crippen molar-refractivity contribution >= 4 is 5.97 Å². The Morgan fingerprint density at radius 2 is 2.22 bits per heavy atom. The molecule has 98 valence electrons. The Morgan fingerprint density at radius 1 is 1.50 bits per heavy atom. The first kappa shape index (κ1) is 14.4. The lowest BCUT2D eigenvalue weighted by Crippen LogP contribution is -2.33. The summed E-state index contributed by atoms with van der Waals surface area (Å²) in [6.07, 6.45) is 2.65. The molecule has 0 aliphatic rings. The standard InChI is InChI=1S/C14H18FNO2/c1-14(2,10-16-8-4-7-13(17)18)11-5-3-6-12(15)9-11/h3-7,9,16H,8,10H2,1-2H3,(H,17,18)/b7-4+. The highest BCUT2D eigenvalue weighted by Crippen LogP contribution is 2.22. The molecule has 18 heavy (non-hydrogen) atoms. The monoisotopic (exact) mass is 251 g/mol. The van der Waals surface area contributed by atoms with Crippen molar-refractivity contribution in [2.24, 2.45) is 0 Å². The molecule has 0 fully saturated rings. The van der Waals surface area contributed by atoms with Crippen LogP contribution in [0.4, 0.5) is 4.39 Å². The number of halogens is 1. The van der Waals surface area contributed by atoms with E-state index in [1.165, 1.54) is 12.1 Å². The van der Waals surface area contributed by atoms with Gasteiger partial charge in [-0.3, -0.25) is 0 Å². The molecule has 0 aliphatic heterocycles. The fraction of sp³-hybridized carbons (Fsp3) is 0.357. The first-order chi connectivity index (χ1) is 8.42. The van der Waals surface area contributed by atoms with Crippen LogP contribution in [0.15, 0.2) is 36.4 Å². The lowest BCUT2D eigenvalue weighted by Gasteiger charge is -2.25. The lowest BCUT2D eigenvalue weighted by molar-refractivity contribution is -0.131. The molecule has 0 radical (unpaired) electrons. The van der Waals surface area contributed by atoms with Gasteiger partial charge < -0.3 is 10.4 Å². The van der Waals surface area contributed by atoms with E-state index in [4.69, 9.17) is 5.11 Å². The van der Waals surface area contributed by atoms with Crippen LogP contribution in [0.3, 0.4) is 0 Å². The molecule has 4 heteroatoms. The zero-order chi connectivity index (χ0) is 13.6. The van der Waals surface area contributed by atoms with Crippen molar-refractivity contribution in [1.29, 1.82) is 0 Å².